The Bertz CT molecular complexity index is 544. The highest BCUT2D eigenvalue weighted by Crippen LogP contribution is 2.42. The molecule has 1 saturated carbocycles. The summed E-state index contributed by atoms with van der Waals surface area (Å²) in [6.07, 6.45) is 8.90. The molecule has 2 heterocycles. The summed E-state index contributed by atoms with van der Waals surface area (Å²) in [7, 11) is 1.85. The van der Waals surface area contributed by atoms with E-state index in [4.69, 9.17) is 4.98 Å². The lowest BCUT2D eigenvalue weighted by atomic mass is 9.67. The van der Waals surface area contributed by atoms with Crippen LogP contribution < -0.4 is 15.5 Å². The minimum absolute atomic E-state index is 0. The Labute approximate surface area is 173 Å². The van der Waals surface area contributed by atoms with Crippen molar-refractivity contribution in [3.05, 3.63) is 11.1 Å². The zero-order chi connectivity index (χ0) is 16.8. The van der Waals surface area contributed by atoms with E-state index >= 15 is 0 Å². The second-order valence-corrected chi connectivity index (χ2v) is 7.96. The van der Waals surface area contributed by atoms with Gasteiger partial charge in [-0.3, -0.25) is 4.99 Å². The summed E-state index contributed by atoms with van der Waals surface area (Å²) in [5.41, 5.74) is 1.70. The first kappa shape index (κ1) is 20.7. The molecule has 0 aromatic carbocycles. The highest BCUT2D eigenvalue weighted by molar-refractivity contribution is 14.0. The van der Waals surface area contributed by atoms with Crippen molar-refractivity contribution in [1.82, 2.24) is 15.6 Å². The van der Waals surface area contributed by atoms with Crippen molar-refractivity contribution in [3.63, 3.8) is 0 Å². The number of rotatable bonds is 7. The molecule has 2 N–H and O–H groups in total. The molecule has 0 atom stereocenters. The lowest BCUT2D eigenvalue weighted by Crippen LogP contribution is -2.46. The number of halogens is 1. The zero-order valence-electron chi connectivity index (χ0n) is 15.5. The van der Waals surface area contributed by atoms with Gasteiger partial charge >= 0.3 is 0 Å². The third-order valence-electron chi connectivity index (χ3n) is 5.61. The summed E-state index contributed by atoms with van der Waals surface area (Å²) in [5.74, 6) is 0.921. The van der Waals surface area contributed by atoms with Gasteiger partial charge in [-0.1, -0.05) is 13.3 Å². The van der Waals surface area contributed by atoms with Crippen molar-refractivity contribution in [3.8, 4) is 0 Å². The first-order valence-corrected chi connectivity index (χ1v) is 10.3. The van der Waals surface area contributed by atoms with E-state index in [0.717, 1.165) is 25.5 Å². The maximum atomic E-state index is 4.78. The number of thiazole rings is 1. The van der Waals surface area contributed by atoms with Gasteiger partial charge in [0, 0.05) is 45.0 Å². The summed E-state index contributed by atoms with van der Waals surface area (Å²) in [6.45, 7) is 6.56. The van der Waals surface area contributed by atoms with Crippen LogP contribution in [0.25, 0.3) is 0 Å². The van der Waals surface area contributed by atoms with Crippen molar-refractivity contribution in [2.75, 3.05) is 38.1 Å². The Morgan fingerprint density at radius 2 is 2.04 bits per heavy atom. The number of aliphatic imine (C=N–C) groups is 1. The van der Waals surface area contributed by atoms with Crippen LogP contribution in [0, 0.1) is 5.41 Å². The normalized spacial score (nSPS) is 19.3. The lowest BCUT2D eigenvalue weighted by molar-refractivity contribution is 0.131. The number of aromatic nitrogens is 1. The fourth-order valence-electron chi connectivity index (χ4n) is 3.60. The Morgan fingerprint density at radius 3 is 2.64 bits per heavy atom. The van der Waals surface area contributed by atoms with Crippen molar-refractivity contribution < 1.29 is 0 Å². The quantitative estimate of drug-likeness (QED) is 0.358. The van der Waals surface area contributed by atoms with Gasteiger partial charge in [-0.25, -0.2) is 4.98 Å². The average Bonchev–Trinajstić information content (AvgIpc) is 3.23. The molecular weight excluding hydrogens is 445 g/mol. The van der Waals surface area contributed by atoms with Crippen molar-refractivity contribution in [1.29, 1.82) is 0 Å². The second-order valence-electron chi connectivity index (χ2n) is 7.13. The third kappa shape index (κ3) is 5.45. The number of hydrogen-bond donors (Lipinski definition) is 2. The minimum atomic E-state index is 0. The van der Waals surface area contributed by atoms with Crippen LogP contribution in [0.5, 0.6) is 0 Å². The molecule has 0 amide bonds. The molecule has 5 nitrogen and oxygen atoms in total. The molecule has 0 radical (unpaired) electrons. The van der Waals surface area contributed by atoms with Gasteiger partial charge in [-0.2, -0.15) is 0 Å². The Morgan fingerprint density at radius 1 is 1.28 bits per heavy atom. The predicted octanol–water partition coefficient (Wildman–Crippen LogP) is 3.65. The fraction of sp³-hybridized carbons (Fsp3) is 0.778. The highest BCUT2D eigenvalue weighted by Gasteiger charge is 2.34. The first-order valence-electron chi connectivity index (χ1n) is 9.38. The predicted molar refractivity (Wildman–Crippen MR) is 119 cm³/mol. The lowest BCUT2D eigenvalue weighted by Gasteiger charge is -2.41. The number of guanidine groups is 1. The summed E-state index contributed by atoms with van der Waals surface area (Å²) < 4.78 is 0. The van der Waals surface area contributed by atoms with Gasteiger partial charge in [-0.15, -0.1) is 35.3 Å². The molecule has 142 valence electrons. The van der Waals surface area contributed by atoms with Crippen LogP contribution in [0.4, 0.5) is 5.13 Å². The molecule has 1 aromatic rings. The summed E-state index contributed by atoms with van der Waals surface area (Å²) >= 11 is 1.78. The van der Waals surface area contributed by atoms with Crippen molar-refractivity contribution in [2.24, 2.45) is 10.4 Å². The van der Waals surface area contributed by atoms with Crippen LogP contribution in [0.15, 0.2) is 10.4 Å². The molecule has 0 bridgehead atoms. The second kappa shape index (κ2) is 9.94. The molecule has 0 spiro atoms. The smallest absolute Gasteiger partial charge is 0.191 e. The van der Waals surface area contributed by atoms with E-state index in [0.29, 0.717) is 5.41 Å². The van der Waals surface area contributed by atoms with Gasteiger partial charge in [-0.05, 0) is 37.5 Å². The number of nitrogens with zero attached hydrogens (tertiary/aromatic N) is 3. The highest BCUT2D eigenvalue weighted by atomic mass is 127. The van der Waals surface area contributed by atoms with E-state index in [9.17, 15) is 0 Å². The first-order chi connectivity index (χ1) is 11.7. The van der Waals surface area contributed by atoms with E-state index in [1.807, 2.05) is 7.05 Å². The molecule has 25 heavy (non-hydrogen) atoms. The van der Waals surface area contributed by atoms with Crippen LogP contribution in [0.2, 0.25) is 0 Å². The zero-order valence-corrected chi connectivity index (χ0v) is 18.7. The van der Waals surface area contributed by atoms with Crippen LogP contribution in [0.3, 0.4) is 0 Å². The van der Waals surface area contributed by atoms with E-state index in [-0.39, 0.29) is 24.0 Å². The monoisotopic (exact) mass is 477 g/mol. The molecule has 2 fully saturated rings. The average molecular weight is 477 g/mol. The maximum Gasteiger partial charge on any atom is 0.191 e. The minimum Gasteiger partial charge on any atom is -0.356 e. The summed E-state index contributed by atoms with van der Waals surface area (Å²) in [4.78, 5) is 11.5. The molecule has 2 aliphatic rings. The number of anilines is 1. The number of hydrogen-bond acceptors (Lipinski definition) is 4. The van der Waals surface area contributed by atoms with Gasteiger partial charge in [0.2, 0.25) is 0 Å². The van der Waals surface area contributed by atoms with Crippen LogP contribution in [-0.4, -0.2) is 44.2 Å². The van der Waals surface area contributed by atoms with E-state index in [1.165, 1.54) is 62.4 Å². The maximum absolute atomic E-state index is 4.78. The standard InChI is InChI=1S/C18H31N5S.HI/c1-3-18(8-6-9-18)14-21-16(19-2)20-10-7-15-13-24-17(22-15)23-11-4-5-12-23;/h13H,3-12,14H2,1-2H3,(H2,19,20,21);1H. The van der Waals surface area contributed by atoms with Crippen molar-refractivity contribution in [2.45, 2.75) is 51.9 Å². The Hall–Kier alpha value is -0.570. The fourth-order valence-corrected chi connectivity index (χ4v) is 4.51. The van der Waals surface area contributed by atoms with Crippen LogP contribution >= 0.6 is 35.3 Å². The Kier molecular flexibility index (Phi) is 8.25. The van der Waals surface area contributed by atoms with Gasteiger partial charge in [0.15, 0.2) is 11.1 Å². The SMILES string of the molecule is CCC1(CNC(=NC)NCCc2csc(N3CCCC3)n2)CCC1.I. The largest absolute Gasteiger partial charge is 0.356 e. The summed E-state index contributed by atoms with van der Waals surface area (Å²) in [5, 5.41) is 10.3. The van der Waals surface area contributed by atoms with Gasteiger partial charge in [0.1, 0.15) is 0 Å². The molecule has 1 saturated heterocycles. The van der Waals surface area contributed by atoms with E-state index < -0.39 is 0 Å². The Balaban J connectivity index is 0.00000225. The molecule has 1 aromatic heterocycles. The van der Waals surface area contributed by atoms with E-state index in [2.05, 4.69) is 32.8 Å². The topological polar surface area (TPSA) is 52.6 Å². The van der Waals surface area contributed by atoms with Crippen LogP contribution in [0.1, 0.15) is 51.1 Å². The molecule has 3 rings (SSSR count). The molecular formula is C18H32IN5S. The molecule has 0 unspecified atom stereocenters. The van der Waals surface area contributed by atoms with Gasteiger partial charge in [0.05, 0.1) is 5.69 Å². The van der Waals surface area contributed by atoms with Gasteiger partial charge < -0.3 is 15.5 Å². The summed E-state index contributed by atoms with van der Waals surface area (Å²) in [6, 6.07) is 0. The van der Waals surface area contributed by atoms with Gasteiger partial charge in [0.25, 0.3) is 0 Å². The third-order valence-corrected chi connectivity index (χ3v) is 6.56. The molecule has 1 aliphatic heterocycles. The van der Waals surface area contributed by atoms with Crippen LogP contribution in [-0.2, 0) is 6.42 Å². The van der Waals surface area contributed by atoms with Crippen molar-refractivity contribution >= 4 is 46.4 Å². The number of nitrogens with one attached hydrogen (secondary N) is 2. The molecule has 7 heteroatoms. The van der Waals surface area contributed by atoms with E-state index in [1.54, 1.807) is 11.3 Å². The molecule has 1 aliphatic carbocycles.